The van der Waals surface area contributed by atoms with Crippen molar-refractivity contribution < 1.29 is 14.1 Å². The highest BCUT2D eigenvalue weighted by Gasteiger charge is 2.15. The first-order valence-corrected chi connectivity index (χ1v) is 7.30. The van der Waals surface area contributed by atoms with Crippen LogP contribution in [0.2, 0.25) is 5.02 Å². The van der Waals surface area contributed by atoms with E-state index >= 15 is 0 Å². The lowest BCUT2D eigenvalue weighted by atomic mass is 10.1. The molecule has 0 aliphatic carbocycles. The Kier molecular flexibility index (Phi) is 5.74. The number of halogens is 2. The second kappa shape index (κ2) is 7.57. The van der Waals surface area contributed by atoms with Gasteiger partial charge in [-0.05, 0) is 42.5 Å². The number of fused-ring (bicyclic) bond motifs is 1. The van der Waals surface area contributed by atoms with Gasteiger partial charge in [-0.2, -0.15) is 4.57 Å². The lowest BCUT2D eigenvalue weighted by molar-refractivity contribution is -0.657. The molecule has 23 heavy (non-hydrogen) atoms. The van der Waals surface area contributed by atoms with Crippen molar-refractivity contribution in [3.05, 3.63) is 71.4 Å². The summed E-state index contributed by atoms with van der Waals surface area (Å²) in [5.41, 5.74) is 1.65. The Labute approximate surface area is 150 Å². The molecule has 3 nitrogen and oxygen atoms in total. The van der Waals surface area contributed by atoms with Crippen LogP contribution in [0.1, 0.15) is 10.4 Å². The van der Waals surface area contributed by atoms with Gasteiger partial charge in [0.1, 0.15) is 5.75 Å². The van der Waals surface area contributed by atoms with E-state index in [1.807, 2.05) is 41.1 Å². The molecule has 1 aromatic heterocycles. The zero-order valence-electron chi connectivity index (χ0n) is 12.5. The summed E-state index contributed by atoms with van der Waals surface area (Å²) in [4.78, 5) is 12.4. The van der Waals surface area contributed by atoms with Gasteiger partial charge in [-0.1, -0.05) is 11.6 Å². The minimum Gasteiger partial charge on any atom is -0.497 e. The number of benzene rings is 2. The average molecular weight is 394 g/mol. The second-order valence-electron chi connectivity index (χ2n) is 4.99. The molecule has 0 fully saturated rings. The number of methoxy groups -OCH3 is 1. The topological polar surface area (TPSA) is 30.2 Å². The van der Waals surface area contributed by atoms with Gasteiger partial charge < -0.3 is 4.74 Å². The number of rotatable bonds is 4. The highest BCUT2D eigenvalue weighted by Crippen LogP contribution is 2.18. The first-order valence-electron chi connectivity index (χ1n) is 6.92. The largest absolute Gasteiger partial charge is 0.497 e. The van der Waals surface area contributed by atoms with Crippen LogP contribution in [-0.4, -0.2) is 12.9 Å². The van der Waals surface area contributed by atoms with E-state index in [0.717, 1.165) is 16.7 Å². The Morgan fingerprint density at radius 3 is 2.57 bits per heavy atom. The van der Waals surface area contributed by atoms with E-state index in [0.29, 0.717) is 10.6 Å². The molecule has 5 heteroatoms. The molecule has 1 heterocycles. The van der Waals surface area contributed by atoms with Crippen molar-refractivity contribution in [1.82, 2.24) is 0 Å². The fourth-order valence-electron chi connectivity index (χ4n) is 2.41. The van der Waals surface area contributed by atoms with Crippen molar-refractivity contribution in [2.45, 2.75) is 6.54 Å². The summed E-state index contributed by atoms with van der Waals surface area (Å²) in [6.45, 7) is 0.283. The molecule has 0 N–H and O–H groups in total. The molecule has 0 aliphatic rings. The molecular formula is C18H16BrClNO2+. The Morgan fingerprint density at radius 1 is 1.13 bits per heavy atom. The summed E-state index contributed by atoms with van der Waals surface area (Å²) >= 11 is 5.85. The number of hydrogen-bond donors (Lipinski definition) is 0. The molecular weight excluding hydrogens is 378 g/mol. The molecule has 0 amide bonds. The van der Waals surface area contributed by atoms with Crippen LogP contribution in [-0.2, 0) is 6.54 Å². The van der Waals surface area contributed by atoms with Gasteiger partial charge in [0.15, 0.2) is 6.20 Å². The minimum atomic E-state index is 0. The normalized spacial score (nSPS) is 10.2. The number of aromatic nitrogens is 1. The molecule has 0 saturated carbocycles. The van der Waals surface area contributed by atoms with Gasteiger partial charge >= 0.3 is 0 Å². The molecule has 0 bridgehead atoms. The Balaban J connectivity index is 0.00000192. The van der Waals surface area contributed by atoms with E-state index in [9.17, 15) is 4.79 Å². The van der Waals surface area contributed by atoms with Gasteiger partial charge in [0.2, 0.25) is 17.8 Å². The lowest BCUT2D eigenvalue weighted by Gasteiger charge is -2.04. The van der Waals surface area contributed by atoms with E-state index in [1.54, 1.807) is 31.4 Å². The van der Waals surface area contributed by atoms with Gasteiger partial charge in [0.25, 0.3) is 0 Å². The third kappa shape index (κ3) is 3.89. The average Bonchev–Trinajstić information content (AvgIpc) is 2.55. The molecule has 118 valence electrons. The second-order valence-corrected chi connectivity index (χ2v) is 5.43. The van der Waals surface area contributed by atoms with Crippen LogP contribution in [0.25, 0.3) is 10.9 Å². The molecule has 3 aromatic rings. The van der Waals surface area contributed by atoms with Gasteiger partial charge in [-0.15, -0.1) is 17.0 Å². The summed E-state index contributed by atoms with van der Waals surface area (Å²) in [5.74, 6) is 0.847. The van der Waals surface area contributed by atoms with Gasteiger partial charge in [-0.3, -0.25) is 4.79 Å². The molecule has 0 aliphatic heterocycles. The van der Waals surface area contributed by atoms with Gasteiger partial charge in [-0.25, -0.2) is 0 Å². The Hall–Kier alpha value is -1.91. The summed E-state index contributed by atoms with van der Waals surface area (Å²) in [5, 5.41) is 1.66. The van der Waals surface area contributed by atoms with Crippen molar-refractivity contribution in [3.63, 3.8) is 0 Å². The number of carbonyl (C=O) groups is 1. The zero-order chi connectivity index (χ0) is 15.5. The summed E-state index contributed by atoms with van der Waals surface area (Å²) in [6.07, 6.45) is 1.91. The van der Waals surface area contributed by atoms with E-state index in [2.05, 4.69) is 0 Å². The van der Waals surface area contributed by atoms with Crippen LogP contribution in [0.3, 0.4) is 0 Å². The number of Topliss-reactive ketones (excluding diaryl/α,β-unsaturated/α-hetero) is 1. The first-order chi connectivity index (χ1) is 10.7. The maximum atomic E-state index is 12.4. The molecule has 0 spiro atoms. The summed E-state index contributed by atoms with van der Waals surface area (Å²) in [7, 11) is 1.64. The van der Waals surface area contributed by atoms with Crippen LogP contribution in [0.15, 0.2) is 60.8 Å². The van der Waals surface area contributed by atoms with Gasteiger partial charge in [0.05, 0.1) is 12.5 Å². The summed E-state index contributed by atoms with van der Waals surface area (Å²) < 4.78 is 7.17. The smallest absolute Gasteiger partial charge is 0.227 e. The zero-order valence-corrected chi connectivity index (χ0v) is 15.0. The number of ether oxygens (including phenoxy) is 1. The van der Waals surface area contributed by atoms with Crippen LogP contribution in [0, 0.1) is 0 Å². The summed E-state index contributed by atoms with van der Waals surface area (Å²) in [6, 6.07) is 16.7. The lowest BCUT2D eigenvalue weighted by Crippen LogP contribution is -2.38. The first kappa shape index (κ1) is 17.4. The highest BCUT2D eigenvalue weighted by atomic mass is 79.9. The number of ketones is 1. The van der Waals surface area contributed by atoms with E-state index < -0.39 is 0 Å². The van der Waals surface area contributed by atoms with Crippen LogP contribution in [0.4, 0.5) is 0 Å². The molecule has 0 unspecified atom stereocenters. The number of nitrogens with zero attached hydrogens (tertiary/aromatic N) is 1. The van der Waals surface area contributed by atoms with Gasteiger partial charge in [0, 0.05) is 22.7 Å². The quantitative estimate of drug-likeness (QED) is 0.490. The maximum absolute atomic E-state index is 12.4. The molecule has 0 saturated heterocycles. The SMILES string of the molecule is Br.COc1ccc2c(ccc[n+]2CC(=O)c2ccc(Cl)cc2)c1. The fraction of sp³-hybridized carbons (Fsp3) is 0.111. The van der Waals surface area contributed by atoms with Crippen molar-refractivity contribution in [2.75, 3.05) is 7.11 Å². The minimum absolute atomic E-state index is 0. The highest BCUT2D eigenvalue weighted by molar-refractivity contribution is 8.93. The molecule has 2 aromatic carbocycles. The maximum Gasteiger partial charge on any atom is 0.227 e. The molecule has 3 rings (SSSR count). The van der Waals surface area contributed by atoms with Crippen LogP contribution >= 0.6 is 28.6 Å². The Morgan fingerprint density at radius 2 is 1.87 bits per heavy atom. The van der Waals surface area contributed by atoms with Crippen molar-refractivity contribution in [3.8, 4) is 5.75 Å². The van der Waals surface area contributed by atoms with Crippen molar-refractivity contribution in [2.24, 2.45) is 0 Å². The van der Waals surface area contributed by atoms with Crippen LogP contribution in [0.5, 0.6) is 5.75 Å². The molecule has 0 atom stereocenters. The van der Waals surface area contributed by atoms with E-state index in [-0.39, 0.29) is 29.3 Å². The molecule has 0 radical (unpaired) electrons. The van der Waals surface area contributed by atoms with Crippen molar-refractivity contribution in [1.29, 1.82) is 0 Å². The third-order valence-electron chi connectivity index (χ3n) is 3.57. The van der Waals surface area contributed by atoms with Crippen LogP contribution < -0.4 is 9.30 Å². The Bertz CT molecular complexity index is 834. The number of hydrogen-bond acceptors (Lipinski definition) is 2. The number of pyridine rings is 1. The third-order valence-corrected chi connectivity index (χ3v) is 3.82. The number of carbonyl (C=O) groups excluding carboxylic acids is 1. The predicted molar refractivity (Wildman–Crippen MR) is 96.8 cm³/mol. The standard InChI is InChI=1S/C18H15ClNO2.BrH/c1-22-16-8-9-17-14(11-16)3-2-10-20(17)12-18(21)13-4-6-15(19)7-5-13;/h2-11H,12H2,1H3;1H/q+1;. The monoisotopic (exact) mass is 392 g/mol. The predicted octanol–water partition coefficient (Wildman–Crippen LogP) is 4.25. The van der Waals surface area contributed by atoms with E-state index in [1.165, 1.54) is 0 Å². The fourth-order valence-corrected chi connectivity index (χ4v) is 2.53. The van der Waals surface area contributed by atoms with E-state index in [4.69, 9.17) is 16.3 Å². The van der Waals surface area contributed by atoms with Crippen molar-refractivity contribution >= 4 is 45.3 Å².